The monoisotopic (exact) mass is 203 g/mol. The molecule has 0 aliphatic rings. The van der Waals surface area contributed by atoms with Crippen molar-refractivity contribution in [2.24, 2.45) is 0 Å². The third-order valence-electron chi connectivity index (χ3n) is 1.97. The molecule has 0 aromatic rings. The second-order valence-electron chi connectivity index (χ2n) is 3.49. The third kappa shape index (κ3) is 22.7. The number of rotatable bonds is 8. The van der Waals surface area contributed by atoms with E-state index >= 15 is 0 Å². The van der Waals surface area contributed by atoms with Crippen molar-refractivity contribution in [3.63, 3.8) is 0 Å². The lowest BCUT2D eigenvalue weighted by atomic mass is 10.2. The lowest BCUT2D eigenvalue weighted by molar-refractivity contribution is 0.287. The van der Waals surface area contributed by atoms with Crippen LogP contribution in [0.25, 0.3) is 0 Å². The molecule has 0 aromatic carbocycles. The van der Waals surface area contributed by atoms with E-state index in [1.54, 1.807) is 0 Å². The van der Waals surface area contributed by atoms with Crippen molar-refractivity contribution < 1.29 is 5.11 Å². The van der Waals surface area contributed by atoms with E-state index in [-0.39, 0.29) is 0 Å². The Morgan fingerprint density at radius 3 is 1.86 bits per heavy atom. The van der Waals surface area contributed by atoms with Gasteiger partial charge in [0, 0.05) is 6.61 Å². The molecule has 0 saturated heterocycles. The molecular formula is C12H29NO. The summed E-state index contributed by atoms with van der Waals surface area (Å²) in [7, 11) is 0. The summed E-state index contributed by atoms with van der Waals surface area (Å²) in [5.41, 5.74) is 0. The second kappa shape index (κ2) is 18.7. The van der Waals surface area contributed by atoms with E-state index in [1.807, 2.05) is 0 Å². The Kier molecular flexibility index (Phi) is 21.8. The van der Waals surface area contributed by atoms with Crippen LogP contribution in [-0.4, -0.2) is 24.8 Å². The summed E-state index contributed by atoms with van der Waals surface area (Å²) in [6.07, 6.45) is 7.51. The number of unbranched alkanes of at least 4 members (excludes halogenated alkanes) is 4. The Morgan fingerprint density at radius 1 is 0.857 bits per heavy atom. The highest BCUT2D eigenvalue weighted by Crippen LogP contribution is 1.96. The zero-order valence-electron chi connectivity index (χ0n) is 10.3. The van der Waals surface area contributed by atoms with Crippen LogP contribution in [0.2, 0.25) is 0 Å². The third-order valence-corrected chi connectivity index (χ3v) is 1.97. The second-order valence-corrected chi connectivity index (χ2v) is 3.49. The molecule has 0 amide bonds. The quantitative estimate of drug-likeness (QED) is 0.594. The number of aliphatic hydroxyl groups is 1. The van der Waals surface area contributed by atoms with Gasteiger partial charge in [-0.3, -0.25) is 0 Å². The van der Waals surface area contributed by atoms with Gasteiger partial charge in [0.25, 0.3) is 0 Å². The largest absolute Gasteiger partial charge is 0.396 e. The zero-order valence-corrected chi connectivity index (χ0v) is 10.3. The zero-order chi connectivity index (χ0) is 11.1. The molecule has 0 saturated carbocycles. The predicted octanol–water partition coefficient (Wildman–Crippen LogP) is 2.96. The van der Waals surface area contributed by atoms with Crippen molar-refractivity contribution >= 4 is 0 Å². The molecule has 2 nitrogen and oxygen atoms in total. The van der Waals surface area contributed by atoms with Crippen LogP contribution in [0.15, 0.2) is 0 Å². The van der Waals surface area contributed by atoms with Gasteiger partial charge in [0.05, 0.1) is 0 Å². The first-order valence-electron chi connectivity index (χ1n) is 6.14. The minimum atomic E-state index is 0.344. The fourth-order valence-electron chi connectivity index (χ4n) is 1.01. The molecule has 0 aromatic heterocycles. The molecule has 14 heavy (non-hydrogen) atoms. The molecular weight excluding hydrogens is 174 g/mol. The lowest BCUT2D eigenvalue weighted by Gasteiger charge is -1.98. The average molecular weight is 203 g/mol. The molecule has 0 atom stereocenters. The Morgan fingerprint density at radius 2 is 1.50 bits per heavy atom. The molecule has 0 aliphatic heterocycles. The summed E-state index contributed by atoms with van der Waals surface area (Å²) < 4.78 is 0. The van der Waals surface area contributed by atoms with Gasteiger partial charge >= 0.3 is 0 Å². The van der Waals surface area contributed by atoms with Gasteiger partial charge in [0.2, 0.25) is 0 Å². The fraction of sp³-hybridized carbons (Fsp3) is 1.00. The maximum absolute atomic E-state index is 8.07. The predicted molar refractivity (Wildman–Crippen MR) is 64.7 cm³/mol. The van der Waals surface area contributed by atoms with Gasteiger partial charge in [-0.15, -0.1) is 0 Å². The Bertz CT molecular complexity index is 68.7. The van der Waals surface area contributed by atoms with E-state index in [0.29, 0.717) is 6.61 Å². The average Bonchev–Trinajstić information content (AvgIpc) is 2.20. The molecule has 88 valence electrons. The normalized spacial score (nSPS) is 9.43. The SMILES string of the molecule is CCCCCCNCC.CCCCO. The molecule has 2 N–H and O–H groups in total. The Balaban J connectivity index is 0. The fourth-order valence-corrected chi connectivity index (χ4v) is 1.01. The van der Waals surface area contributed by atoms with E-state index in [0.717, 1.165) is 19.4 Å². The van der Waals surface area contributed by atoms with Crippen molar-refractivity contribution in [3.05, 3.63) is 0 Å². The molecule has 2 heteroatoms. The summed E-state index contributed by atoms with van der Waals surface area (Å²) in [6.45, 7) is 9.11. The van der Waals surface area contributed by atoms with Crippen LogP contribution in [0, 0.1) is 0 Å². The van der Waals surface area contributed by atoms with Crippen LogP contribution in [0.3, 0.4) is 0 Å². The van der Waals surface area contributed by atoms with Crippen LogP contribution < -0.4 is 5.32 Å². The highest BCUT2D eigenvalue weighted by molar-refractivity contribution is 4.44. The van der Waals surface area contributed by atoms with E-state index in [9.17, 15) is 0 Å². The van der Waals surface area contributed by atoms with Gasteiger partial charge in [-0.25, -0.2) is 0 Å². The first-order valence-corrected chi connectivity index (χ1v) is 6.14. The van der Waals surface area contributed by atoms with E-state index in [1.165, 1.54) is 32.2 Å². The standard InChI is InChI=1S/C8H19N.C4H10O/c1-3-5-6-7-8-9-4-2;1-2-3-4-5/h9H,3-8H2,1-2H3;5H,2-4H2,1H3. The molecule has 0 spiro atoms. The summed E-state index contributed by atoms with van der Waals surface area (Å²) in [4.78, 5) is 0. The maximum atomic E-state index is 8.07. The van der Waals surface area contributed by atoms with E-state index in [2.05, 4.69) is 26.1 Å². The summed E-state index contributed by atoms with van der Waals surface area (Å²) in [5.74, 6) is 0. The van der Waals surface area contributed by atoms with Gasteiger partial charge in [-0.2, -0.15) is 0 Å². The number of hydrogen-bond acceptors (Lipinski definition) is 2. The molecule has 0 aliphatic carbocycles. The summed E-state index contributed by atoms with van der Waals surface area (Å²) in [6, 6.07) is 0. The Hall–Kier alpha value is -0.0800. The first-order chi connectivity index (χ1) is 6.83. The van der Waals surface area contributed by atoms with E-state index < -0.39 is 0 Å². The van der Waals surface area contributed by atoms with Crippen LogP contribution in [0.4, 0.5) is 0 Å². The number of nitrogens with one attached hydrogen (secondary N) is 1. The highest BCUT2D eigenvalue weighted by atomic mass is 16.2. The van der Waals surface area contributed by atoms with Gasteiger partial charge in [0.15, 0.2) is 0 Å². The topological polar surface area (TPSA) is 32.3 Å². The smallest absolute Gasteiger partial charge is 0.0430 e. The van der Waals surface area contributed by atoms with Crippen LogP contribution in [-0.2, 0) is 0 Å². The Labute approximate surface area is 90.1 Å². The summed E-state index contributed by atoms with van der Waals surface area (Å²) >= 11 is 0. The molecule has 0 unspecified atom stereocenters. The van der Waals surface area contributed by atoms with Gasteiger partial charge in [-0.1, -0.05) is 46.5 Å². The van der Waals surface area contributed by atoms with Gasteiger partial charge < -0.3 is 10.4 Å². The van der Waals surface area contributed by atoms with Crippen molar-refractivity contribution in [2.75, 3.05) is 19.7 Å². The van der Waals surface area contributed by atoms with Crippen molar-refractivity contribution in [1.82, 2.24) is 5.32 Å². The lowest BCUT2D eigenvalue weighted by Crippen LogP contribution is -2.13. The highest BCUT2D eigenvalue weighted by Gasteiger charge is 1.84. The van der Waals surface area contributed by atoms with Crippen LogP contribution >= 0.6 is 0 Å². The molecule has 0 heterocycles. The number of hydrogen-bond donors (Lipinski definition) is 2. The van der Waals surface area contributed by atoms with Gasteiger partial charge in [-0.05, 0) is 25.9 Å². The van der Waals surface area contributed by atoms with Crippen molar-refractivity contribution in [2.45, 2.75) is 59.3 Å². The summed E-state index contributed by atoms with van der Waals surface area (Å²) in [5, 5.41) is 11.4. The molecule has 0 rings (SSSR count). The molecule has 0 fully saturated rings. The van der Waals surface area contributed by atoms with Crippen LogP contribution in [0.5, 0.6) is 0 Å². The molecule has 0 radical (unpaired) electrons. The van der Waals surface area contributed by atoms with E-state index in [4.69, 9.17) is 5.11 Å². The van der Waals surface area contributed by atoms with Crippen molar-refractivity contribution in [1.29, 1.82) is 0 Å². The number of aliphatic hydroxyl groups excluding tert-OH is 1. The van der Waals surface area contributed by atoms with Crippen LogP contribution in [0.1, 0.15) is 59.3 Å². The molecule has 0 bridgehead atoms. The minimum Gasteiger partial charge on any atom is -0.396 e. The first kappa shape index (κ1) is 16.4. The minimum absolute atomic E-state index is 0.344. The maximum Gasteiger partial charge on any atom is 0.0430 e. The van der Waals surface area contributed by atoms with Gasteiger partial charge in [0.1, 0.15) is 0 Å². The van der Waals surface area contributed by atoms with Crippen molar-refractivity contribution in [3.8, 4) is 0 Å².